The van der Waals surface area contributed by atoms with Crippen molar-refractivity contribution in [3.8, 4) is 0 Å². The predicted octanol–water partition coefficient (Wildman–Crippen LogP) is 0.880. The molecule has 0 saturated heterocycles. The number of carbonyl (C=O) groups excluding carboxylic acids is 1. The predicted molar refractivity (Wildman–Crippen MR) is 62.7 cm³/mol. The zero-order valence-electron chi connectivity index (χ0n) is 9.71. The van der Waals surface area contributed by atoms with E-state index in [0.717, 1.165) is 0 Å². The van der Waals surface area contributed by atoms with Crippen molar-refractivity contribution < 1.29 is 9.72 Å². The fraction of sp³-hybridized carbons (Fsp3) is 0.400. The van der Waals surface area contributed by atoms with Gasteiger partial charge in [-0.25, -0.2) is 4.98 Å². The Balaban J connectivity index is 2.60. The van der Waals surface area contributed by atoms with Crippen LogP contribution in [0.3, 0.4) is 0 Å². The van der Waals surface area contributed by atoms with Crippen LogP contribution >= 0.6 is 0 Å². The van der Waals surface area contributed by atoms with Crippen LogP contribution in [0.25, 0.3) is 0 Å². The van der Waals surface area contributed by atoms with Gasteiger partial charge in [0.2, 0.25) is 5.91 Å². The number of rotatable bonds is 5. The van der Waals surface area contributed by atoms with Crippen molar-refractivity contribution in [1.82, 2.24) is 9.88 Å². The van der Waals surface area contributed by atoms with E-state index in [1.165, 1.54) is 18.3 Å². The molecule has 0 aliphatic carbocycles. The lowest BCUT2D eigenvalue weighted by molar-refractivity contribution is -0.384. The van der Waals surface area contributed by atoms with E-state index >= 15 is 0 Å². The average Bonchev–Trinajstić information content (AvgIpc) is 2.35. The molecule has 0 saturated carbocycles. The lowest BCUT2D eigenvalue weighted by Gasteiger charge is -2.14. The first-order chi connectivity index (χ1) is 8.04. The number of nitrogens with zero attached hydrogens (tertiary/aromatic N) is 3. The monoisotopic (exact) mass is 238 g/mol. The Labute approximate surface area is 98.6 Å². The van der Waals surface area contributed by atoms with E-state index in [1.54, 1.807) is 11.9 Å². The highest BCUT2D eigenvalue weighted by molar-refractivity contribution is 5.80. The summed E-state index contributed by atoms with van der Waals surface area (Å²) in [5.41, 5.74) is -0.0567. The van der Waals surface area contributed by atoms with Gasteiger partial charge in [0.1, 0.15) is 5.82 Å². The quantitative estimate of drug-likeness (QED) is 0.607. The van der Waals surface area contributed by atoms with Crippen molar-refractivity contribution in [3.63, 3.8) is 0 Å². The van der Waals surface area contributed by atoms with Crippen LogP contribution in [0.5, 0.6) is 0 Å². The second-order valence-electron chi connectivity index (χ2n) is 3.42. The van der Waals surface area contributed by atoms with Gasteiger partial charge in [0.25, 0.3) is 5.69 Å². The van der Waals surface area contributed by atoms with E-state index in [4.69, 9.17) is 0 Å². The third kappa shape index (κ3) is 3.71. The minimum Gasteiger partial charge on any atom is -0.361 e. The summed E-state index contributed by atoms with van der Waals surface area (Å²) in [7, 11) is 1.69. The Morgan fingerprint density at radius 3 is 2.94 bits per heavy atom. The van der Waals surface area contributed by atoms with Gasteiger partial charge in [0.15, 0.2) is 0 Å². The maximum Gasteiger partial charge on any atom is 0.274 e. The summed E-state index contributed by atoms with van der Waals surface area (Å²) in [6, 6.07) is 2.59. The summed E-state index contributed by atoms with van der Waals surface area (Å²) in [6.45, 7) is 2.55. The fourth-order valence-corrected chi connectivity index (χ4v) is 1.11. The molecule has 0 unspecified atom stereocenters. The average molecular weight is 238 g/mol. The molecule has 1 rings (SSSR count). The number of nitro groups is 1. The van der Waals surface area contributed by atoms with E-state index in [2.05, 4.69) is 10.3 Å². The molecule has 7 nitrogen and oxygen atoms in total. The normalized spacial score (nSPS) is 9.76. The molecule has 1 aromatic heterocycles. The summed E-state index contributed by atoms with van der Waals surface area (Å²) >= 11 is 0. The first-order valence-corrected chi connectivity index (χ1v) is 5.13. The van der Waals surface area contributed by atoms with Crippen LogP contribution in [0, 0.1) is 10.1 Å². The minimum absolute atomic E-state index is 0.0567. The number of hydrogen-bond acceptors (Lipinski definition) is 5. The number of hydrogen-bond donors (Lipinski definition) is 1. The SMILES string of the molecule is CCN(C)C(=O)CNc1cc([N+](=O)[O-])ccn1. The van der Waals surface area contributed by atoms with Crippen LogP contribution in [-0.2, 0) is 4.79 Å². The molecule has 1 heterocycles. The van der Waals surface area contributed by atoms with Gasteiger partial charge in [-0.05, 0) is 6.92 Å². The molecular formula is C10H14N4O3. The molecule has 1 N–H and O–H groups in total. The molecule has 1 aromatic rings. The Kier molecular flexibility index (Phi) is 4.38. The zero-order chi connectivity index (χ0) is 12.8. The summed E-state index contributed by atoms with van der Waals surface area (Å²) < 4.78 is 0. The number of nitrogens with one attached hydrogen (secondary N) is 1. The second-order valence-corrected chi connectivity index (χ2v) is 3.42. The van der Waals surface area contributed by atoms with E-state index < -0.39 is 4.92 Å². The summed E-state index contributed by atoms with van der Waals surface area (Å²) in [6.07, 6.45) is 1.33. The molecule has 7 heteroatoms. The lowest BCUT2D eigenvalue weighted by atomic mass is 10.4. The van der Waals surface area contributed by atoms with Crippen molar-refractivity contribution in [3.05, 3.63) is 28.4 Å². The third-order valence-electron chi connectivity index (χ3n) is 2.28. The van der Waals surface area contributed by atoms with Crippen molar-refractivity contribution in [1.29, 1.82) is 0 Å². The van der Waals surface area contributed by atoms with E-state index in [0.29, 0.717) is 12.4 Å². The van der Waals surface area contributed by atoms with Gasteiger partial charge in [-0.3, -0.25) is 14.9 Å². The molecule has 0 aliphatic heterocycles. The molecule has 0 aliphatic rings. The summed E-state index contributed by atoms with van der Waals surface area (Å²) in [5.74, 6) is 0.220. The lowest BCUT2D eigenvalue weighted by Crippen LogP contribution is -2.32. The largest absolute Gasteiger partial charge is 0.361 e. The van der Waals surface area contributed by atoms with E-state index in [-0.39, 0.29) is 18.1 Å². The number of anilines is 1. The summed E-state index contributed by atoms with van der Waals surface area (Å²) in [4.78, 5) is 26.9. The van der Waals surface area contributed by atoms with Gasteiger partial charge in [-0.1, -0.05) is 0 Å². The Morgan fingerprint density at radius 2 is 2.35 bits per heavy atom. The van der Waals surface area contributed by atoms with Crippen molar-refractivity contribution in [2.24, 2.45) is 0 Å². The molecule has 0 spiro atoms. The van der Waals surface area contributed by atoms with Crippen LogP contribution in [-0.4, -0.2) is 40.9 Å². The van der Waals surface area contributed by atoms with Crippen LogP contribution in [0.15, 0.2) is 18.3 Å². The van der Waals surface area contributed by atoms with Crippen LogP contribution < -0.4 is 5.32 Å². The molecule has 0 radical (unpaired) electrons. The fourth-order valence-electron chi connectivity index (χ4n) is 1.11. The molecule has 17 heavy (non-hydrogen) atoms. The smallest absolute Gasteiger partial charge is 0.274 e. The van der Waals surface area contributed by atoms with Gasteiger partial charge < -0.3 is 10.2 Å². The maximum absolute atomic E-state index is 11.5. The van der Waals surface area contributed by atoms with Crippen LogP contribution in [0.4, 0.5) is 11.5 Å². The molecule has 0 aromatic carbocycles. The minimum atomic E-state index is -0.507. The van der Waals surface area contributed by atoms with Gasteiger partial charge >= 0.3 is 0 Å². The maximum atomic E-state index is 11.5. The molecule has 0 bridgehead atoms. The second kappa shape index (κ2) is 5.78. The highest BCUT2D eigenvalue weighted by Crippen LogP contribution is 2.13. The third-order valence-corrected chi connectivity index (χ3v) is 2.28. The molecule has 92 valence electrons. The van der Waals surface area contributed by atoms with Gasteiger partial charge in [0.05, 0.1) is 17.5 Å². The zero-order valence-corrected chi connectivity index (χ0v) is 9.71. The van der Waals surface area contributed by atoms with E-state index in [9.17, 15) is 14.9 Å². The standard InChI is InChI=1S/C10H14N4O3/c1-3-13(2)10(15)7-12-9-6-8(14(16)17)4-5-11-9/h4-6H,3,7H2,1-2H3,(H,11,12). The van der Waals surface area contributed by atoms with Crippen LogP contribution in [0.2, 0.25) is 0 Å². The van der Waals surface area contributed by atoms with Crippen molar-refractivity contribution >= 4 is 17.4 Å². The number of carbonyl (C=O) groups is 1. The highest BCUT2D eigenvalue weighted by atomic mass is 16.6. The van der Waals surface area contributed by atoms with Crippen LogP contribution in [0.1, 0.15) is 6.92 Å². The van der Waals surface area contributed by atoms with Crippen molar-refractivity contribution in [2.45, 2.75) is 6.92 Å². The van der Waals surface area contributed by atoms with E-state index in [1.807, 2.05) is 6.92 Å². The Bertz CT molecular complexity index is 422. The van der Waals surface area contributed by atoms with Gasteiger partial charge in [0, 0.05) is 25.9 Å². The summed E-state index contributed by atoms with van der Waals surface area (Å²) in [5, 5.41) is 13.3. The molecule has 0 atom stereocenters. The number of likely N-dealkylation sites (N-methyl/N-ethyl adjacent to an activating group) is 1. The topological polar surface area (TPSA) is 88.4 Å². The highest BCUT2D eigenvalue weighted by Gasteiger charge is 2.09. The molecule has 1 amide bonds. The van der Waals surface area contributed by atoms with Gasteiger partial charge in [-0.2, -0.15) is 0 Å². The van der Waals surface area contributed by atoms with Gasteiger partial charge in [-0.15, -0.1) is 0 Å². The Hall–Kier alpha value is -2.18. The number of aromatic nitrogens is 1. The Morgan fingerprint density at radius 1 is 1.65 bits per heavy atom. The van der Waals surface area contributed by atoms with Crippen molar-refractivity contribution in [2.75, 3.05) is 25.5 Å². The first-order valence-electron chi connectivity index (χ1n) is 5.13. The number of amides is 1. The molecule has 0 fully saturated rings. The number of pyridine rings is 1. The first kappa shape index (κ1) is 12.9. The molecular weight excluding hydrogens is 224 g/mol.